The molecule has 6 heteroatoms. The van der Waals surface area contributed by atoms with E-state index in [0.29, 0.717) is 13.2 Å². The van der Waals surface area contributed by atoms with Crippen molar-refractivity contribution in [3.8, 4) is 0 Å². The Morgan fingerprint density at radius 2 is 2.00 bits per heavy atom. The smallest absolute Gasteiger partial charge is 0.224 e. The summed E-state index contributed by atoms with van der Waals surface area (Å²) in [5.41, 5.74) is 0.110. The highest BCUT2D eigenvalue weighted by molar-refractivity contribution is 5.84. The largest absolute Gasteiger partial charge is 0.377 e. The summed E-state index contributed by atoms with van der Waals surface area (Å²) in [5, 5.41) is 11.0. The van der Waals surface area contributed by atoms with Gasteiger partial charge in [-0.05, 0) is 10.8 Å². The number of carbonyl (C=O) groups excluding carboxylic acids is 1. The molecular formula is C14H22N4O2. The van der Waals surface area contributed by atoms with E-state index in [4.69, 9.17) is 4.74 Å². The van der Waals surface area contributed by atoms with Gasteiger partial charge in [-0.3, -0.25) is 4.79 Å². The van der Waals surface area contributed by atoms with Gasteiger partial charge in [-0.25, -0.2) is 4.68 Å². The van der Waals surface area contributed by atoms with Gasteiger partial charge in [0.1, 0.15) is 0 Å². The van der Waals surface area contributed by atoms with Crippen LogP contribution in [0.4, 0.5) is 0 Å². The Morgan fingerprint density at radius 1 is 1.30 bits per heavy atom. The monoisotopic (exact) mass is 278 g/mol. The molecule has 1 saturated heterocycles. The van der Waals surface area contributed by atoms with Crippen molar-refractivity contribution in [1.82, 2.24) is 20.3 Å². The maximum absolute atomic E-state index is 12.5. The minimum absolute atomic E-state index is 0.0311. The molecule has 0 aromatic carbocycles. The Balaban J connectivity index is 1.68. The fraction of sp³-hybridized carbons (Fsp3) is 0.786. The van der Waals surface area contributed by atoms with E-state index in [2.05, 4.69) is 43.3 Å². The molecule has 2 atom stereocenters. The molecule has 0 radical (unpaired) electrons. The number of rotatable bonds is 3. The van der Waals surface area contributed by atoms with Crippen molar-refractivity contribution < 1.29 is 9.53 Å². The van der Waals surface area contributed by atoms with Gasteiger partial charge in [0, 0.05) is 12.1 Å². The lowest BCUT2D eigenvalue weighted by molar-refractivity contribution is -0.124. The summed E-state index contributed by atoms with van der Waals surface area (Å²) in [6.45, 7) is 9.69. The summed E-state index contributed by atoms with van der Waals surface area (Å²) in [7, 11) is 0. The average molecular weight is 278 g/mol. The van der Waals surface area contributed by atoms with Crippen molar-refractivity contribution in [2.24, 2.45) is 16.7 Å². The Kier molecular flexibility index (Phi) is 2.90. The number of nitrogens with zero attached hydrogens (tertiary/aromatic N) is 3. The zero-order valence-electron chi connectivity index (χ0n) is 12.5. The first kappa shape index (κ1) is 13.5. The van der Waals surface area contributed by atoms with Gasteiger partial charge >= 0.3 is 0 Å². The third-order valence-electron chi connectivity index (χ3n) is 5.44. The van der Waals surface area contributed by atoms with E-state index in [1.165, 1.54) is 0 Å². The van der Waals surface area contributed by atoms with Gasteiger partial charge in [-0.1, -0.05) is 32.9 Å². The van der Waals surface area contributed by atoms with Gasteiger partial charge in [-0.2, -0.15) is 0 Å². The number of amides is 1. The van der Waals surface area contributed by atoms with Crippen LogP contribution < -0.4 is 5.32 Å². The van der Waals surface area contributed by atoms with E-state index >= 15 is 0 Å². The zero-order valence-corrected chi connectivity index (χ0v) is 12.5. The SMILES string of the molecule is CC1(C)C(C(=O)N[C@H]2COC[C@H]2n2ccnn2)C1(C)C. The maximum Gasteiger partial charge on any atom is 0.224 e. The van der Waals surface area contributed by atoms with Gasteiger partial charge in [0.05, 0.1) is 31.5 Å². The molecule has 0 spiro atoms. The van der Waals surface area contributed by atoms with Crippen molar-refractivity contribution in [2.75, 3.05) is 13.2 Å². The van der Waals surface area contributed by atoms with E-state index < -0.39 is 0 Å². The Labute approximate surface area is 118 Å². The highest BCUT2D eigenvalue weighted by Crippen LogP contribution is 2.68. The summed E-state index contributed by atoms with van der Waals surface area (Å²) in [4.78, 5) is 12.5. The van der Waals surface area contributed by atoms with E-state index in [9.17, 15) is 4.79 Å². The second-order valence-electron chi connectivity index (χ2n) is 6.98. The lowest BCUT2D eigenvalue weighted by atomic mass is 10.0. The van der Waals surface area contributed by atoms with E-state index in [0.717, 1.165) is 0 Å². The van der Waals surface area contributed by atoms with Crippen LogP contribution in [0.15, 0.2) is 12.4 Å². The summed E-state index contributed by atoms with van der Waals surface area (Å²) < 4.78 is 7.26. The van der Waals surface area contributed by atoms with Crippen LogP contribution in [0.25, 0.3) is 0 Å². The number of hydrogen-bond donors (Lipinski definition) is 1. The molecule has 2 fully saturated rings. The molecule has 1 aliphatic heterocycles. The molecule has 1 aliphatic carbocycles. The van der Waals surface area contributed by atoms with Crippen LogP contribution in [-0.2, 0) is 9.53 Å². The van der Waals surface area contributed by atoms with Crippen molar-refractivity contribution in [1.29, 1.82) is 0 Å². The average Bonchev–Trinajstić information content (AvgIpc) is 2.82. The molecule has 1 saturated carbocycles. The van der Waals surface area contributed by atoms with Crippen LogP contribution in [0, 0.1) is 16.7 Å². The number of hydrogen-bond acceptors (Lipinski definition) is 4. The standard InChI is InChI=1S/C14H22N4O2/c1-13(2)11(14(13,3)4)12(19)16-9-7-20-8-10(9)18-6-5-15-17-18/h5-6,9-11H,7-8H2,1-4H3,(H,16,19)/t9-,10+/m0/s1. The highest BCUT2D eigenvalue weighted by Gasteiger charge is 2.68. The first-order valence-electron chi connectivity index (χ1n) is 7.09. The van der Waals surface area contributed by atoms with Crippen LogP contribution in [0.5, 0.6) is 0 Å². The predicted octanol–water partition coefficient (Wildman–Crippen LogP) is 1.02. The van der Waals surface area contributed by atoms with Crippen LogP contribution in [0.3, 0.4) is 0 Å². The van der Waals surface area contributed by atoms with Gasteiger partial charge in [-0.15, -0.1) is 5.10 Å². The lowest BCUT2D eigenvalue weighted by Crippen LogP contribution is -2.42. The number of carbonyl (C=O) groups is 1. The molecule has 110 valence electrons. The maximum atomic E-state index is 12.5. The minimum Gasteiger partial charge on any atom is -0.377 e. The molecule has 6 nitrogen and oxygen atoms in total. The van der Waals surface area contributed by atoms with Crippen LogP contribution in [0.1, 0.15) is 33.7 Å². The minimum atomic E-state index is -0.0311. The van der Waals surface area contributed by atoms with Gasteiger partial charge in [0.15, 0.2) is 0 Å². The summed E-state index contributed by atoms with van der Waals surface area (Å²) in [6.07, 6.45) is 3.45. The zero-order chi connectivity index (χ0) is 14.5. The third-order valence-corrected chi connectivity index (χ3v) is 5.44. The Hall–Kier alpha value is -1.43. The molecule has 1 amide bonds. The number of nitrogens with one attached hydrogen (secondary N) is 1. The molecule has 1 aromatic rings. The van der Waals surface area contributed by atoms with Crippen molar-refractivity contribution >= 4 is 5.91 Å². The van der Waals surface area contributed by atoms with Gasteiger partial charge in [0.25, 0.3) is 0 Å². The van der Waals surface area contributed by atoms with E-state index in [1.54, 1.807) is 10.9 Å². The second kappa shape index (κ2) is 4.28. The number of ether oxygens (including phenoxy) is 1. The second-order valence-corrected chi connectivity index (χ2v) is 6.98. The fourth-order valence-electron chi connectivity index (χ4n) is 3.45. The molecule has 1 N–H and O–H groups in total. The first-order chi connectivity index (χ1) is 9.35. The van der Waals surface area contributed by atoms with Crippen molar-refractivity contribution in [3.05, 3.63) is 12.4 Å². The Bertz CT molecular complexity index is 495. The lowest BCUT2D eigenvalue weighted by Gasteiger charge is -2.19. The normalized spacial score (nSPS) is 31.2. The van der Waals surface area contributed by atoms with E-state index in [-0.39, 0.29) is 34.7 Å². The first-order valence-corrected chi connectivity index (χ1v) is 7.09. The summed E-state index contributed by atoms with van der Waals surface area (Å²) in [5.74, 6) is 0.188. The predicted molar refractivity (Wildman–Crippen MR) is 72.9 cm³/mol. The van der Waals surface area contributed by atoms with Crippen LogP contribution in [-0.4, -0.2) is 40.2 Å². The quantitative estimate of drug-likeness (QED) is 0.896. The molecule has 20 heavy (non-hydrogen) atoms. The summed E-state index contributed by atoms with van der Waals surface area (Å²) >= 11 is 0. The van der Waals surface area contributed by atoms with Gasteiger partial charge in [0.2, 0.25) is 5.91 Å². The fourth-order valence-corrected chi connectivity index (χ4v) is 3.45. The molecule has 0 unspecified atom stereocenters. The van der Waals surface area contributed by atoms with E-state index in [1.807, 2.05) is 6.20 Å². The topological polar surface area (TPSA) is 69.0 Å². The molecular weight excluding hydrogens is 256 g/mol. The highest BCUT2D eigenvalue weighted by atomic mass is 16.5. The molecule has 0 bridgehead atoms. The molecule has 1 aromatic heterocycles. The molecule has 3 rings (SSSR count). The third kappa shape index (κ3) is 1.85. The Morgan fingerprint density at radius 3 is 2.55 bits per heavy atom. The summed E-state index contributed by atoms with van der Waals surface area (Å²) in [6, 6.07) is 0.00262. The van der Waals surface area contributed by atoms with Crippen LogP contribution >= 0.6 is 0 Å². The molecule has 2 heterocycles. The van der Waals surface area contributed by atoms with Crippen LogP contribution in [0.2, 0.25) is 0 Å². The van der Waals surface area contributed by atoms with Gasteiger partial charge < -0.3 is 10.1 Å². The van der Waals surface area contributed by atoms with Crippen molar-refractivity contribution in [3.63, 3.8) is 0 Å². The number of aromatic nitrogens is 3. The van der Waals surface area contributed by atoms with Crippen molar-refractivity contribution in [2.45, 2.75) is 39.8 Å². The molecule has 2 aliphatic rings.